The third-order valence-corrected chi connectivity index (χ3v) is 4.91. The molecule has 2 aliphatic carbocycles. The van der Waals surface area contributed by atoms with Gasteiger partial charge in [0.25, 0.3) is 0 Å². The van der Waals surface area contributed by atoms with E-state index in [4.69, 9.17) is 4.42 Å². The second-order valence-corrected chi connectivity index (χ2v) is 6.81. The minimum atomic E-state index is 0.422. The monoisotopic (exact) mass is 278 g/mol. The lowest BCUT2D eigenvalue weighted by Gasteiger charge is -2.27. The summed E-state index contributed by atoms with van der Waals surface area (Å²) in [6, 6.07) is 1.42. The highest BCUT2D eigenvalue weighted by Crippen LogP contribution is 2.49. The number of fused-ring (bicyclic) bond motifs is 2. The van der Waals surface area contributed by atoms with E-state index in [-0.39, 0.29) is 0 Å². The lowest BCUT2D eigenvalue weighted by Crippen LogP contribution is -2.30. The fourth-order valence-corrected chi connectivity index (χ4v) is 3.88. The maximum Gasteiger partial charge on any atom is 0.315 e. The molecule has 0 spiro atoms. The molecule has 2 N–H and O–H groups in total. The van der Waals surface area contributed by atoms with Crippen LogP contribution in [-0.2, 0) is 6.54 Å². The Morgan fingerprint density at radius 1 is 1.20 bits per heavy atom. The molecule has 0 saturated heterocycles. The topological polar surface area (TPSA) is 63.0 Å². The Kier molecular flexibility index (Phi) is 3.96. The molecule has 4 unspecified atom stereocenters. The van der Waals surface area contributed by atoms with Crippen LogP contribution in [0.1, 0.15) is 52.3 Å². The summed E-state index contributed by atoms with van der Waals surface area (Å²) in [5.41, 5.74) is 0. The SMILES string of the molecule is CC(C)NCc1nnc(NC(C)C2CC3CCC2C3)o1. The van der Waals surface area contributed by atoms with Crippen molar-refractivity contribution in [2.24, 2.45) is 17.8 Å². The maximum atomic E-state index is 5.65. The van der Waals surface area contributed by atoms with Crippen molar-refractivity contribution in [1.82, 2.24) is 15.5 Å². The Morgan fingerprint density at radius 3 is 2.70 bits per heavy atom. The summed E-state index contributed by atoms with van der Waals surface area (Å²) in [7, 11) is 0. The van der Waals surface area contributed by atoms with Gasteiger partial charge in [-0.25, -0.2) is 0 Å². The van der Waals surface area contributed by atoms with E-state index in [2.05, 4.69) is 41.6 Å². The number of hydrogen-bond donors (Lipinski definition) is 2. The standard InChI is InChI=1S/C15H26N4O/c1-9(2)16-8-14-18-19-15(20-14)17-10(3)13-7-11-4-5-12(13)6-11/h9-13,16H,4-8H2,1-3H3,(H,17,19). The molecule has 1 aromatic rings. The number of hydrogen-bond acceptors (Lipinski definition) is 5. The molecule has 0 aromatic carbocycles. The van der Waals surface area contributed by atoms with Gasteiger partial charge in [-0.15, -0.1) is 5.10 Å². The number of aromatic nitrogens is 2. The molecule has 4 atom stereocenters. The second kappa shape index (κ2) is 5.72. The van der Waals surface area contributed by atoms with Crippen LogP contribution in [-0.4, -0.2) is 22.3 Å². The van der Waals surface area contributed by atoms with Crippen molar-refractivity contribution in [3.8, 4) is 0 Å². The number of rotatable bonds is 6. The van der Waals surface area contributed by atoms with Crippen molar-refractivity contribution in [3.63, 3.8) is 0 Å². The molecule has 2 aliphatic rings. The molecule has 2 fully saturated rings. The molecule has 1 heterocycles. The van der Waals surface area contributed by atoms with Crippen LogP contribution in [0, 0.1) is 17.8 Å². The van der Waals surface area contributed by atoms with Gasteiger partial charge >= 0.3 is 6.01 Å². The van der Waals surface area contributed by atoms with Gasteiger partial charge in [-0.2, -0.15) is 0 Å². The van der Waals surface area contributed by atoms with Crippen LogP contribution in [0.5, 0.6) is 0 Å². The normalized spacial score (nSPS) is 30.1. The van der Waals surface area contributed by atoms with E-state index in [1.54, 1.807) is 0 Å². The van der Waals surface area contributed by atoms with Crippen LogP contribution in [0.4, 0.5) is 6.01 Å². The van der Waals surface area contributed by atoms with Gasteiger partial charge in [0, 0.05) is 12.1 Å². The average molecular weight is 278 g/mol. The molecule has 0 aliphatic heterocycles. The Bertz CT molecular complexity index is 445. The van der Waals surface area contributed by atoms with Crippen LogP contribution in [0.25, 0.3) is 0 Å². The third-order valence-electron chi connectivity index (χ3n) is 4.91. The number of nitrogens with zero attached hydrogens (tertiary/aromatic N) is 2. The Morgan fingerprint density at radius 2 is 2.05 bits per heavy atom. The summed E-state index contributed by atoms with van der Waals surface area (Å²) in [5, 5.41) is 14.9. The van der Waals surface area contributed by atoms with Gasteiger partial charge in [-0.3, -0.25) is 0 Å². The van der Waals surface area contributed by atoms with Crippen molar-refractivity contribution >= 4 is 6.01 Å². The quantitative estimate of drug-likeness (QED) is 0.837. The summed E-state index contributed by atoms with van der Waals surface area (Å²) in [6.45, 7) is 7.09. The van der Waals surface area contributed by atoms with E-state index < -0.39 is 0 Å². The minimum absolute atomic E-state index is 0.422. The summed E-state index contributed by atoms with van der Waals surface area (Å²) < 4.78 is 5.65. The highest BCUT2D eigenvalue weighted by Gasteiger charge is 2.42. The molecule has 5 nitrogen and oxygen atoms in total. The van der Waals surface area contributed by atoms with Gasteiger partial charge in [0.2, 0.25) is 5.89 Å². The zero-order chi connectivity index (χ0) is 14.1. The van der Waals surface area contributed by atoms with Crippen LogP contribution in [0.3, 0.4) is 0 Å². The molecule has 5 heteroatoms. The highest BCUT2D eigenvalue weighted by molar-refractivity contribution is 5.20. The largest absolute Gasteiger partial charge is 0.407 e. The fourth-order valence-electron chi connectivity index (χ4n) is 3.88. The van der Waals surface area contributed by atoms with Crippen LogP contribution >= 0.6 is 0 Å². The average Bonchev–Trinajstić information content (AvgIpc) is 3.12. The van der Waals surface area contributed by atoms with E-state index in [1.165, 1.54) is 25.7 Å². The molecule has 20 heavy (non-hydrogen) atoms. The minimum Gasteiger partial charge on any atom is -0.407 e. The summed E-state index contributed by atoms with van der Waals surface area (Å²) in [4.78, 5) is 0. The van der Waals surface area contributed by atoms with E-state index in [9.17, 15) is 0 Å². The first kappa shape index (κ1) is 13.9. The number of nitrogens with one attached hydrogen (secondary N) is 2. The summed E-state index contributed by atoms with van der Waals surface area (Å²) in [5.74, 6) is 3.31. The Labute approximate surface area is 120 Å². The molecule has 112 valence electrons. The van der Waals surface area contributed by atoms with Gasteiger partial charge in [0.05, 0.1) is 6.54 Å². The predicted molar refractivity (Wildman–Crippen MR) is 78.3 cm³/mol. The Balaban J connectivity index is 1.52. The van der Waals surface area contributed by atoms with Crippen molar-refractivity contribution in [3.05, 3.63) is 5.89 Å². The van der Waals surface area contributed by atoms with Crippen LogP contribution in [0.15, 0.2) is 4.42 Å². The molecule has 3 rings (SSSR count). The zero-order valence-corrected chi connectivity index (χ0v) is 12.7. The summed E-state index contributed by atoms with van der Waals surface area (Å²) >= 11 is 0. The number of anilines is 1. The first-order valence-electron chi connectivity index (χ1n) is 7.94. The predicted octanol–water partition coefficient (Wildman–Crippen LogP) is 2.80. The molecule has 2 saturated carbocycles. The van der Waals surface area contributed by atoms with E-state index in [1.807, 2.05) is 0 Å². The third kappa shape index (κ3) is 2.97. The van der Waals surface area contributed by atoms with Gasteiger partial charge in [-0.05, 0) is 43.9 Å². The maximum absolute atomic E-state index is 5.65. The molecule has 1 aromatic heterocycles. The molecular formula is C15H26N4O. The smallest absolute Gasteiger partial charge is 0.315 e. The molecule has 2 bridgehead atoms. The van der Waals surface area contributed by atoms with Gasteiger partial charge in [-0.1, -0.05) is 25.4 Å². The van der Waals surface area contributed by atoms with E-state index in [0.717, 1.165) is 17.8 Å². The van der Waals surface area contributed by atoms with E-state index >= 15 is 0 Å². The lowest BCUT2D eigenvalue weighted by atomic mass is 9.84. The van der Waals surface area contributed by atoms with Gasteiger partial charge in [0.15, 0.2) is 0 Å². The fraction of sp³-hybridized carbons (Fsp3) is 0.867. The van der Waals surface area contributed by atoms with Crippen LogP contribution < -0.4 is 10.6 Å². The zero-order valence-electron chi connectivity index (χ0n) is 12.7. The first-order valence-corrected chi connectivity index (χ1v) is 7.94. The van der Waals surface area contributed by atoms with Crippen molar-refractivity contribution in [2.75, 3.05) is 5.32 Å². The van der Waals surface area contributed by atoms with Crippen molar-refractivity contribution < 1.29 is 4.42 Å². The molecule has 0 radical (unpaired) electrons. The van der Waals surface area contributed by atoms with Crippen molar-refractivity contribution in [2.45, 2.75) is 65.1 Å². The highest BCUT2D eigenvalue weighted by atomic mass is 16.4. The molecule has 0 amide bonds. The molecular weight excluding hydrogens is 252 g/mol. The first-order chi connectivity index (χ1) is 9.61. The van der Waals surface area contributed by atoms with E-state index in [0.29, 0.717) is 30.5 Å². The van der Waals surface area contributed by atoms with Crippen molar-refractivity contribution in [1.29, 1.82) is 0 Å². The van der Waals surface area contributed by atoms with Crippen LogP contribution in [0.2, 0.25) is 0 Å². The van der Waals surface area contributed by atoms with Gasteiger partial charge < -0.3 is 15.1 Å². The second-order valence-electron chi connectivity index (χ2n) is 6.81. The lowest BCUT2D eigenvalue weighted by molar-refractivity contribution is 0.300. The Hall–Kier alpha value is -1.10. The van der Waals surface area contributed by atoms with Gasteiger partial charge in [0.1, 0.15) is 0 Å². The summed E-state index contributed by atoms with van der Waals surface area (Å²) in [6.07, 6.45) is 5.66.